The Kier molecular flexibility index (Phi) is 14.3. The van der Waals surface area contributed by atoms with Gasteiger partial charge in [-0.1, -0.05) is 232 Å². The molecule has 0 N–H and O–H groups in total. The zero-order valence-corrected chi connectivity index (χ0v) is 46.7. The van der Waals surface area contributed by atoms with Crippen molar-refractivity contribution in [3.8, 4) is 0 Å². The quantitative estimate of drug-likeness (QED) is 0.154. The number of rotatable bonds is 4. The molecule has 0 spiro atoms. The van der Waals surface area contributed by atoms with Crippen LogP contribution in [0.5, 0.6) is 0 Å². The van der Waals surface area contributed by atoms with Gasteiger partial charge in [-0.2, -0.15) is 0 Å². The Bertz CT molecular complexity index is 3080. The third kappa shape index (κ3) is 7.45. The first-order chi connectivity index (χ1) is 33.5. The predicted molar refractivity (Wildman–Crippen MR) is 315 cm³/mol. The lowest BCUT2D eigenvalue weighted by Crippen LogP contribution is -2.19. The first kappa shape index (κ1) is 51.9. The van der Waals surface area contributed by atoms with Crippen LogP contribution in [0.25, 0.3) is 66.1 Å². The molecule has 0 aliphatic heterocycles. The van der Waals surface area contributed by atoms with Gasteiger partial charge >= 0.3 is 0 Å². The highest BCUT2D eigenvalue weighted by molar-refractivity contribution is 6.24. The lowest BCUT2D eigenvalue weighted by Gasteiger charge is -2.32. The summed E-state index contributed by atoms with van der Waals surface area (Å²) in [6, 6.07) is 51.5. The molecular weight excluding hydrogens is 841 g/mol. The van der Waals surface area contributed by atoms with Gasteiger partial charge in [-0.3, -0.25) is 0 Å². The van der Waals surface area contributed by atoms with E-state index in [2.05, 4.69) is 217 Å². The normalized spacial score (nSPS) is 17.1. The van der Waals surface area contributed by atoms with Gasteiger partial charge in [0, 0.05) is 21.7 Å². The molecule has 7 aromatic rings. The van der Waals surface area contributed by atoms with E-state index in [4.69, 9.17) is 0 Å². The molecule has 7 aromatic carbocycles. The number of hydrogen-bond acceptors (Lipinski definition) is 0. The van der Waals surface area contributed by atoms with Crippen molar-refractivity contribution in [2.45, 2.75) is 160 Å². The van der Waals surface area contributed by atoms with E-state index >= 15 is 0 Å². The summed E-state index contributed by atoms with van der Waals surface area (Å²) in [5.41, 5.74) is 27.1. The van der Waals surface area contributed by atoms with Crippen molar-refractivity contribution in [3.05, 3.63) is 200 Å². The van der Waals surface area contributed by atoms with E-state index < -0.39 is 0 Å². The molecule has 11 rings (SSSR count). The molecule has 0 aromatic heterocycles. The summed E-state index contributed by atoms with van der Waals surface area (Å²) in [6.45, 7) is 45.0. The molecule has 0 unspecified atom stereocenters. The maximum absolute atomic E-state index is 2.60. The molecular formula is C70H82. The van der Waals surface area contributed by atoms with Gasteiger partial charge in [0.2, 0.25) is 0 Å². The van der Waals surface area contributed by atoms with Gasteiger partial charge in [0.15, 0.2) is 0 Å². The van der Waals surface area contributed by atoms with Crippen molar-refractivity contribution in [1.29, 1.82) is 0 Å². The molecule has 0 radical (unpaired) electrons. The van der Waals surface area contributed by atoms with Gasteiger partial charge < -0.3 is 0 Å². The van der Waals surface area contributed by atoms with Gasteiger partial charge in [0.1, 0.15) is 0 Å². The predicted octanol–water partition coefficient (Wildman–Crippen LogP) is 21.0. The van der Waals surface area contributed by atoms with Crippen LogP contribution < -0.4 is 0 Å². The largest absolute Gasteiger partial charge is 0.0683 e. The van der Waals surface area contributed by atoms with E-state index in [0.717, 1.165) is 0 Å². The maximum atomic E-state index is 2.60. The van der Waals surface area contributed by atoms with Crippen molar-refractivity contribution in [3.63, 3.8) is 0 Å². The zero-order valence-electron chi connectivity index (χ0n) is 46.7. The van der Waals surface area contributed by atoms with Crippen LogP contribution in [0.4, 0.5) is 0 Å². The highest BCUT2D eigenvalue weighted by atomic mass is 14.5. The fourth-order valence-corrected chi connectivity index (χ4v) is 13.6. The molecule has 0 heterocycles. The van der Waals surface area contributed by atoms with E-state index in [0.29, 0.717) is 0 Å². The Morgan fingerprint density at radius 2 is 0.486 bits per heavy atom. The van der Waals surface area contributed by atoms with Gasteiger partial charge in [-0.15, -0.1) is 0 Å². The summed E-state index contributed by atoms with van der Waals surface area (Å²) in [5.74, 6) is 0. The molecule has 4 aliphatic carbocycles. The lowest BCUT2D eigenvalue weighted by atomic mass is 9.71. The Labute approximate surface area is 424 Å². The molecule has 0 saturated heterocycles. The van der Waals surface area contributed by atoms with Crippen molar-refractivity contribution in [1.82, 2.24) is 0 Å². The van der Waals surface area contributed by atoms with Gasteiger partial charge in [0.25, 0.3) is 0 Å². The van der Waals surface area contributed by atoms with E-state index in [1.165, 1.54) is 133 Å². The van der Waals surface area contributed by atoms with Crippen molar-refractivity contribution in [2.24, 2.45) is 0 Å². The summed E-state index contributed by atoms with van der Waals surface area (Å²) in [6.07, 6.45) is 0. The van der Waals surface area contributed by atoms with E-state index in [9.17, 15) is 0 Å². The number of benzene rings is 7. The maximum Gasteiger partial charge on any atom is 0.0161 e. The Hall–Kier alpha value is -5.98. The number of allylic oxidation sites excluding steroid dienone is 8. The molecule has 0 amide bonds. The summed E-state index contributed by atoms with van der Waals surface area (Å²) in [7, 11) is 0. The van der Waals surface area contributed by atoms with Crippen LogP contribution in [-0.2, 0) is 21.7 Å². The summed E-state index contributed by atoms with van der Waals surface area (Å²) in [4.78, 5) is 0. The van der Waals surface area contributed by atoms with Crippen molar-refractivity contribution >= 4 is 66.1 Å². The second kappa shape index (κ2) is 19.3. The molecule has 362 valence electrons. The average Bonchev–Trinajstić information content (AvgIpc) is 3.90. The lowest BCUT2D eigenvalue weighted by molar-refractivity contribution is 0.703. The highest BCUT2D eigenvalue weighted by Gasteiger charge is 2.43. The van der Waals surface area contributed by atoms with E-state index in [1.54, 1.807) is 0 Å². The molecule has 70 heavy (non-hydrogen) atoms. The van der Waals surface area contributed by atoms with Gasteiger partial charge in [-0.05, 0) is 173 Å². The topological polar surface area (TPSA) is 0 Å². The minimum absolute atomic E-state index is 0.132. The fourth-order valence-electron chi connectivity index (χ4n) is 13.6. The standard InChI is InChI=1S/C62H58.4C2H6/c1-35-41-21-13-17-25-49(41)59(5,6)55(35)39-29-31-45-47(33-39)53(57-37(3)43-23-15-19-27-51(43)61(57,9)10)46-32-30-40(56-36(2)42-22-14-18-26-50(42)60(56,7)8)34-48(46)54(45)58-38(4)44-24-16-20-28-52(44)62(58,11)12;4*1-2/h13-34H,1-12H3;4*1-2H3. The number of fused-ring (bicyclic) bond motifs is 6. The third-order valence-electron chi connectivity index (χ3n) is 16.2. The highest BCUT2D eigenvalue weighted by Crippen LogP contribution is 2.60. The molecule has 0 nitrogen and oxygen atoms in total. The van der Waals surface area contributed by atoms with Crippen molar-refractivity contribution in [2.75, 3.05) is 0 Å². The molecule has 0 bridgehead atoms. The van der Waals surface area contributed by atoms with E-state index in [-0.39, 0.29) is 21.7 Å². The van der Waals surface area contributed by atoms with Crippen LogP contribution in [-0.4, -0.2) is 0 Å². The Balaban J connectivity index is 0.000000861. The van der Waals surface area contributed by atoms with Gasteiger partial charge in [-0.25, -0.2) is 0 Å². The summed E-state index contributed by atoms with van der Waals surface area (Å²) in [5, 5.41) is 5.36. The van der Waals surface area contributed by atoms with Crippen LogP contribution in [0.3, 0.4) is 0 Å². The monoisotopic (exact) mass is 923 g/mol. The van der Waals surface area contributed by atoms with Crippen LogP contribution in [0.1, 0.15) is 205 Å². The van der Waals surface area contributed by atoms with Crippen molar-refractivity contribution < 1.29 is 0 Å². The van der Waals surface area contributed by atoms with E-state index in [1.807, 2.05) is 55.4 Å². The first-order valence-electron chi connectivity index (χ1n) is 26.8. The fraction of sp³-hybridized carbons (Fsp3) is 0.343. The zero-order chi connectivity index (χ0) is 51.4. The SMILES string of the molecule is CC.CC.CC.CC.CC1=C(c2ccc3c(C4=C(C)c5ccccc5C4(C)C)c4cc(C5=C(C)c6ccccc6C5(C)C)ccc4c(C4=C(C)c5ccccc5C4(C)C)c3c2)C(C)(C)c2ccccc21. The molecule has 4 aliphatic rings. The van der Waals surface area contributed by atoms with Crippen LogP contribution in [0, 0.1) is 0 Å². The molecule has 0 atom stereocenters. The molecule has 0 saturated carbocycles. The summed E-state index contributed by atoms with van der Waals surface area (Å²) >= 11 is 0. The minimum atomic E-state index is -0.207. The van der Waals surface area contributed by atoms with Crippen LogP contribution in [0.2, 0.25) is 0 Å². The first-order valence-corrected chi connectivity index (χ1v) is 26.8. The minimum Gasteiger partial charge on any atom is -0.0683 e. The summed E-state index contributed by atoms with van der Waals surface area (Å²) < 4.78 is 0. The van der Waals surface area contributed by atoms with Gasteiger partial charge in [0.05, 0.1) is 0 Å². The number of hydrogen-bond donors (Lipinski definition) is 0. The van der Waals surface area contributed by atoms with Crippen LogP contribution >= 0.6 is 0 Å². The molecule has 0 heteroatoms. The molecule has 0 fully saturated rings. The van der Waals surface area contributed by atoms with Crippen LogP contribution in [0.15, 0.2) is 133 Å². The second-order valence-corrected chi connectivity index (χ2v) is 21.0. The third-order valence-corrected chi connectivity index (χ3v) is 16.2. The Morgan fingerprint density at radius 3 is 0.743 bits per heavy atom. The second-order valence-electron chi connectivity index (χ2n) is 21.0. The Morgan fingerprint density at radius 1 is 0.257 bits per heavy atom. The smallest absolute Gasteiger partial charge is 0.0161 e. The average molecular weight is 923 g/mol.